The SMILES string of the molecule is CCOC(=O)/C=C/C(=C\c1ccccc1)C(F)(F)F. The Balaban J connectivity index is 2.97. The van der Waals surface area contributed by atoms with Crippen molar-refractivity contribution in [1.82, 2.24) is 0 Å². The van der Waals surface area contributed by atoms with Crippen molar-refractivity contribution in [3.63, 3.8) is 0 Å². The van der Waals surface area contributed by atoms with E-state index < -0.39 is 17.7 Å². The summed E-state index contributed by atoms with van der Waals surface area (Å²) in [5.41, 5.74) is -0.505. The molecule has 19 heavy (non-hydrogen) atoms. The van der Waals surface area contributed by atoms with Crippen molar-refractivity contribution in [3.8, 4) is 0 Å². The average molecular weight is 270 g/mol. The van der Waals surface area contributed by atoms with Gasteiger partial charge in [-0.15, -0.1) is 0 Å². The van der Waals surface area contributed by atoms with E-state index in [1.165, 1.54) is 0 Å². The van der Waals surface area contributed by atoms with Gasteiger partial charge in [0.05, 0.1) is 12.2 Å². The number of alkyl halides is 3. The maximum Gasteiger partial charge on any atom is 0.416 e. The van der Waals surface area contributed by atoms with Gasteiger partial charge < -0.3 is 4.74 Å². The molecule has 0 bridgehead atoms. The molecule has 0 aromatic heterocycles. The van der Waals surface area contributed by atoms with Gasteiger partial charge in [0.15, 0.2) is 0 Å². The summed E-state index contributed by atoms with van der Waals surface area (Å²) in [5, 5.41) is 0. The third kappa shape index (κ3) is 5.42. The van der Waals surface area contributed by atoms with Gasteiger partial charge in [0.1, 0.15) is 0 Å². The number of benzene rings is 1. The van der Waals surface area contributed by atoms with Crippen LogP contribution in [0.25, 0.3) is 6.08 Å². The molecule has 1 rings (SSSR count). The molecule has 0 aliphatic rings. The first-order chi connectivity index (χ1) is 8.93. The van der Waals surface area contributed by atoms with Gasteiger partial charge in [0, 0.05) is 6.08 Å². The van der Waals surface area contributed by atoms with Gasteiger partial charge >= 0.3 is 12.1 Å². The Hall–Kier alpha value is -2.04. The van der Waals surface area contributed by atoms with Gasteiger partial charge in [-0.25, -0.2) is 4.79 Å². The Morgan fingerprint density at radius 3 is 2.37 bits per heavy atom. The van der Waals surface area contributed by atoms with E-state index in [2.05, 4.69) is 4.74 Å². The molecule has 1 aromatic carbocycles. The first-order valence-corrected chi connectivity index (χ1v) is 5.62. The summed E-state index contributed by atoms with van der Waals surface area (Å²) in [6, 6.07) is 8.07. The maximum absolute atomic E-state index is 12.8. The minimum Gasteiger partial charge on any atom is -0.463 e. The summed E-state index contributed by atoms with van der Waals surface area (Å²) in [4.78, 5) is 11.0. The van der Waals surface area contributed by atoms with Crippen molar-refractivity contribution < 1.29 is 22.7 Å². The molecular formula is C14H13F3O2. The van der Waals surface area contributed by atoms with Crippen LogP contribution in [-0.4, -0.2) is 18.8 Å². The quantitative estimate of drug-likeness (QED) is 0.473. The minimum atomic E-state index is -4.53. The largest absolute Gasteiger partial charge is 0.463 e. The van der Waals surface area contributed by atoms with E-state index in [0.717, 1.165) is 12.2 Å². The van der Waals surface area contributed by atoms with Crippen LogP contribution < -0.4 is 0 Å². The monoisotopic (exact) mass is 270 g/mol. The maximum atomic E-state index is 12.8. The van der Waals surface area contributed by atoms with Crippen LogP contribution in [0.3, 0.4) is 0 Å². The number of hydrogen-bond donors (Lipinski definition) is 0. The zero-order valence-corrected chi connectivity index (χ0v) is 10.3. The number of allylic oxidation sites excluding steroid dienone is 2. The van der Waals surface area contributed by atoms with E-state index in [9.17, 15) is 18.0 Å². The second-order valence-corrected chi connectivity index (χ2v) is 3.59. The molecular weight excluding hydrogens is 257 g/mol. The van der Waals surface area contributed by atoms with Crippen molar-refractivity contribution in [3.05, 3.63) is 53.6 Å². The van der Waals surface area contributed by atoms with Crippen molar-refractivity contribution in [2.45, 2.75) is 13.1 Å². The van der Waals surface area contributed by atoms with E-state index in [-0.39, 0.29) is 6.61 Å². The molecule has 0 aliphatic heterocycles. The zero-order chi connectivity index (χ0) is 14.3. The van der Waals surface area contributed by atoms with E-state index >= 15 is 0 Å². The third-order valence-electron chi connectivity index (χ3n) is 2.13. The minimum absolute atomic E-state index is 0.118. The van der Waals surface area contributed by atoms with Crippen LogP contribution in [0.4, 0.5) is 13.2 Å². The molecule has 0 N–H and O–H groups in total. The highest BCUT2D eigenvalue weighted by atomic mass is 19.4. The number of esters is 1. The lowest BCUT2D eigenvalue weighted by Gasteiger charge is -2.07. The van der Waals surface area contributed by atoms with Crippen molar-refractivity contribution in [2.24, 2.45) is 0 Å². The summed E-state index contributed by atoms with van der Waals surface area (Å²) in [5.74, 6) is -0.800. The fourth-order valence-electron chi connectivity index (χ4n) is 1.30. The van der Waals surface area contributed by atoms with Gasteiger partial charge in [-0.2, -0.15) is 13.2 Å². The first-order valence-electron chi connectivity index (χ1n) is 5.62. The summed E-state index contributed by atoms with van der Waals surface area (Å²) >= 11 is 0. The molecule has 0 radical (unpaired) electrons. The van der Waals surface area contributed by atoms with E-state index in [1.54, 1.807) is 37.3 Å². The lowest BCUT2D eigenvalue weighted by molar-refractivity contribution is -0.137. The Morgan fingerprint density at radius 2 is 1.84 bits per heavy atom. The zero-order valence-electron chi connectivity index (χ0n) is 10.3. The summed E-state index contributed by atoms with van der Waals surface area (Å²) in [6.45, 7) is 1.70. The van der Waals surface area contributed by atoms with Crippen LogP contribution >= 0.6 is 0 Å². The van der Waals surface area contributed by atoms with Crippen LogP contribution in [0.2, 0.25) is 0 Å². The molecule has 0 spiro atoms. The number of ether oxygens (including phenoxy) is 1. The lowest BCUT2D eigenvalue weighted by Crippen LogP contribution is -2.10. The molecule has 0 saturated carbocycles. The third-order valence-corrected chi connectivity index (χ3v) is 2.13. The highest BCUT2D eigenvalue weighted by Crippen LogP contribution is 2.28. The lowest BCUT2D eigenvalue weighted by atomic mass is 10.1. The molecule has 0 heterocycles. The predicted molar refractivity (Wildman–Crippen MR) is 66.2 cm³/mol. The highest BCUT2D eigenvalue weighted by Gasteiger charge is 2.31. The highest BCUT2D eigenvalue weighted by molar-refractivity contribution is 5.83. The Kier molecular flexibility index (Phi) is 5.36. The normalized spacial score (nSPS) is 12.7. The molecule has 0 atom stereocenters. The van der Waals surface area contributed by atoms with Crippen LogP contribution in [0, 0.1) is 0 Å². The van der Waals surface area contributed by atoms with Crippen LogP contribution in [0.5, 0.6) is 0 Å². The fourth-order valence-corrected chi connectivity index (χ4v) is 1.30. The van der Waals surface area contributed by atoms with Gasteiger partial charge in [0.25, 0.3) is 0 Å². The molecule has 102 valence electrons. The number of carbonyl (C=O) groups is 1. The van der Waals surface area contributed by atoms with Crippen molar-refractivity contribution >= 4 is 12.0 Å². The van der Waals surface area contributed by atoms with Crippen LogP contribution in [-0.2, 0) is 9.53 Å². The smallest absolute Gasteiger partial charge is 0.416 e. The van der Waals surface area contributed by atoms with Gasteiger partial charge in [-0.1, -0.05) is 30.3 Å². The van der Waals surface area contributed by atoms with E-state index in [4.69, 9.17) is 0 Å². The molecule has 0 fully saturated rings. The van der Waals surface area contributed by atoms with Crippen LogP contribution in [0.15, 0.2) is 48.1 Å². The molecule has 0 unspecified atom stereocenters. The number of carbonyl (C=O) groups excluding carboxylic acids is 1. The van der Waals surface area contributed by atoms with Gasteiger partial charge in [-0.05, 0) is 24.6 Å². The van der Waals surface area contributed by atoms with E-state index in [0.29, 0.717) is 11.6 Å². The number of halogens is 3. The standard InChI is InChI=1S/C14H13F3O2/c1-2-19-13(18)9-8-12(14(15,16)17)10-11-6-4-3-5-7-11/h3-10H,2H2,1H3/b9-8+,12-10+. The topological polar surface area (TPSA) is 26.3 Å². The average Bonchev–Trinajstić information content (AvgIpc) is 2.34. The molecule has 5 heteroatoms. The molecule has 0 amide bonds. The Bertz CT molecular complexity index is 473. The van der Waals surface area contributed by atoms with Crippen molar-refractivity contribution in [1.29, 1.82) is 0 Å². The summed E-state index contributed by atoms with van der Waals surface area (Å²) < 4.78 is 42.8. The van der Waals surface area contributed by atoms with Crippen molar-refractivity contribution in [2.75, 3.05) is 6.61 Å². The molecule has 0 aliphatic carbocycles. The first kappa shape index (κ1) is 15.0. The molecule has 0 saturated heterocycles. The predicted octanol–water partition coefficient (Wildman–Crippen LogP) is 3.75. The van der Waals surface area contributed by atoms with E-state index in [1.807, 2.05) is 0 Å². The Labute approximate surface area is 109 Å². The Morgan fingerprint density at radius 1 is 1.21 bits per heavy atom. The van der Waals surface area contributed by atoms with Crippen LogP contribution in [0.1, 0.15) is 12.5 Å². The van der Waals surface area contributed by atoms with Gasteiger partial charge in [-0.3, -0.25) is 0 Å². The summed E-state index contributed by atoms with van der Waals surface area (Å²) in [6.07, 6.45) is -2.08. The molecule has 1 aromatic rings. The number of hydrogen-bond acceptors (Lipinski definition) is 2. The molecule has 2 nitrogen and oxygen atoms in total. The van der Waals surface area contributed by atoms with Gasteiger partial charge in [0.2, 0.25) is 0 Å². The summed E-state index contributed by atoms with van der Waals surface area (Å²) in [7, 11) is 0. The fraction of sp³-hybridized carbons (Fsp3) is 0.214. The number of rotatable bonds is 4. The second kappa shape index (κ2) is 6.78. The second-order valence-electron chi connectivity index (χ2n) is 3.59.